The predicted molar refractivity (Wildman–Crippen MR) is 62.0 cm³/mol. The SMILES string of the molecule is CCN(CC)C(=O)Oc1ccccc1[N+](=O)[O-]. The molecule has 0 atom stereocenters. The molecule has 0 saturated heterocycles. The number of rotatable bonds is 4. The van der Waals surface area contributed by atoms with Gasteiger partial charge in [0.05, 0.1) is 4.92 Å². The molecule has 0 aliphatic rings. The third-order valence-corrected chi connectivity index (χ3v) is 2.28. The lowest BCUT2D eigenvalue weighted by Gasteiger charge is -2.17. The zero-order valence-corrected chi connectivity index (χ0v) is 9.75. The van der Waals surface area contributed by atoms with E-state index in [-0.39, 0.29) is 11.4 Å². The van der Waals surface area contributed by atoms with E-state index in [1.807, 2.05) is 13.8 Å². The Labute approximate surface area is 98.9 Å². The molecule has 0 spiro atoms. The van der Waals surface area contributed by atoms with Crippen LogP contribution in [-0.2, 0) is 0 Å². The number of carbonyl (C=O) groups excluding carboxylic acids is 1. The van der Waals surface area contributed by atoms with E-state index in [1.54, 1.807) is 6.07 Å². The van der Waals surface area contributed by atoms with Crippen molar-refractivity contribution in [2.75, 3.05) is 13.1 Å². The van der Waals surface area contributed by atoms with Crippen LogP contribution in [0.25, 0.3) is 0 Å². The van der Waals surface area contributed by atoms with Crippen LogP contribution in [0.2, 0.25) is 0 Å². The first-order valence-electron chi connectivity index (χ1n) is 5.30. The summed E-state index contributed by atoms with van der Waals surface area (Å²) in [5.74, 6) is -0.0330. The topological polar surface area (TPSA) is 72.7 Å². The Hall–Kier alpha value is -2.11. The molecule has 0 heterocycles. The van der Waals surface area contributed by atoms with Crippen LogP contribution in [0, 0.1) is 10.1 Å². The van der Waals surface area contributed by atoms with Gasteiger partial charge >= 0.3 is 11.8 Å². The molecule has 1 amide bonds. The van der Waals surface area contributed by atoms with Gasteiger partial charge in [0.1, 0.15) is 0 Å². The molecule has 0 radical (unpaired) electrons. The number of para-hydroxylation sites is 2. The van der Waals surface area contributed by atoms with E-state index in [1.165, 1.54) is 23.1 Å². The van der Waals surface area contributed by atoms with Crippen LogP contribution in [0.1, 0.15) is 13.8 Å². The van der Waals surface area contributed by atoms with E-state index < -0.39 is 11.0 Å². The molecular formula is C11H14N2O4. The fraction of sp³-hybridized carbons (Fsp3) is 0.364. The van der Waals surface area contributed by atoms with E-state index in [0.29, 0.717) is 13.1 Å². The van der Waals surface area contributed by atoms with Crippen LogP contribution in [0.5, 0.6) is 5.75 Å². The van der Waals surface area contributed by atoms with Gasteiger partial charge in [0.25, 0.3) is 0 Å². The van der Waals surface area contributed by atoms with Crippen LogP contribution in [0.3, 0.4) is 0 Å². The Morgan fingerprint density at radius 3 is 2.47 bits per heavy atom. The molecule has 0 aromatic heterocycles. The van der Waals surface area contributed by atoms with Crippen LogP contribution in [0.4, 0.5) is 10.5 Å². The highest BCUT2D eigenvalue weighted by Gasteiger charge is 2.19. The summed E-state index contributed by atoms with van der Waals surface area (Å²) in [6.07, 6.45) is -0.579. The number of nitro benzene ring substituents is 1. The number of carbonyl (C=O) groups is 1. The monoisotopic (exact) mass is 238 g/mol. The first-order chi connectivity index (χ1) is 8.10. The van der Waals surface area contributed by atoms with Gasteiger partial charge < -0.3 is 9.64 Å². The number of amides is 1. The molecule has 0 aliphatic heterocycles. The highest BCUT2D eigenvalue weighted by atomic mass is 16.6. The zero-order chi connectivity index (χ0) is 12.8. The van der Waals surface area contributed by atoms with Crippen molar-refractivity contribution in [3.05, 3.63) is 34.4 Å². The molecule has 0 saturated carbocycles. The highest BCUT2D eigenvalue weighted by molar-refractivity contribution is 5.72. The van der Waals surface area contributed by atoms with Gasteiger partial charge in [-0.1, -0.05) is 12.1 Å². The van der Waals surface area contributed by atoms with Crippen molar-refractivity contribution in [3.63, 3.8) is 0 Å². The highest BCUT2D eigenvalue weighted by Crippen LogP contribution is 2.26. The second-order valence-electron chi connectivity index (χ2n) is 3.27. The number of hydrogen-bond acceptors (Lipinski definition) is 4. The molecule has 0 bridgehead atoms. The molecule has 0 aliphatic carbocycles. The van der Waals surface area contributed by atoms with Gasteiger partial charge in [0.2, 0.25) is 5.75 Å². The summed E-state index contributed by atoms with van der Waals surface area (Å²) in [7, 11) is 0. The first-order valence-corrected chi connectivity index (χ1v) is 5.30. The predicted octanol–water partition coefficient (Wildman–Crippen LogP) is 2.44. The smallest absolute Gasteiger partial charge is 0.403 e. The summed E-state index contributed by atoms with van der Waals surface area (Å²) in [6.45, 7) is 4.61. The molecule has 17 heavy (non-hydrogen) atoms. The van der Waals surface area contributed by atoms with E-state index >= 15 is 0 Å². The molecule has 1 rings (SSSR count). The molecule has 1 aromatic carbocycles. The minimum atomic E-state index is -0.579. The van der Waals surface area contributed by atoms with Gasteiger partial charge in [0, 0.05) is 19.2 Å². The molecule has 92 valence electrons. The Balaban J connectivity index is 2.88. The van der Waals surface area contributed by atoms with Crippen molar-refractivity contribution in [3.8, 4) is 5.75 Å². The molecule has 1 aromatic rings. The number of ether oxygens (including phenoxy) is 1. The number of nitrogens with zero attached hydrogens (tertiary/aromatic N) is 2. The summed E-state index contributed by atoms with van der Waals surface area (Å²) >= 11 is 0. The van der Waals surface area contributed by atoms with E-state index in [4.69, 9.17) is 4.74 Å². The van der Waals surface area contributed by atoms with Crippen molar-refractivity contribution >= 4 is 11.8 Å². The van der Waals surface area contributed by atoms with Crippen LogP contribution >= 0.6 is 0 Å². The molecule has 6 nitrogen and oxygen atoms in total. The minimum absolute atomic E-state index is 0.0330. The third kappa shape index (κ3) is 3.17. The summed E-state index contributed by atoms with van der Waals surface area (Å²) < 4.78 is 5.00. The summed E-state index contributed by atoms with van der Waals surface area (Å²) in [6, 6.07) is 5.80. The van der Waals surface area contributed by atoms with Crippen LogP contribution in [-0.4, -0.2) is 29.0 Å². The molecular weight excluding hydrogens is 224 g/mol. The van der Waals surface area contributed by atoms with Gasteiger partial charge in [-0.15, -0.1) is 0 Å². The second kappa shape index (κ2) is 5.83. The van der Waals surface area contributed by atoms with Crippen LogP contribution < -0.4 is 4.74 Å². The van der Waals surface area contributed by atoms with Crippen molar-refractivity contribution < 1.29 is 14.5 Å². The van der Waals surface area contributed by atoms with Crippen molar-refractivity contribution in [2.45, 2.75) is 13.8 Å². The first kappa shape index (κ1) is 13.0. The third-order valence-electron chi connectivity index (χ3n) is 2.28. The largest absolute Gasteiger partial charge is 0.415 e. The van der Waals surface area contributed by atoms with Gasteiger partial charge in [-0.3, -0.25) is 10.1 Å². The van der Waals surface area contributed by atoms with Gasteiger partial charge in [-0.05, 0) is 19.9 Å². The normalized spacial score (nSPS) is 9.76. The lowest BCUT2D eigenvalue weighted by molar-refractivity contribution is -0.385. The molecule has 0 unspecified atom stereocenters. The summed E-state index contributed by atoms with van der Waals surface area (Å²) in [5, 5.41) is 10.7. The molecule has 0 fully saturated rings. The zero-order valence-electron chi connectivity index (χ0n) is 9.75. The lowest BCUT2D eigenvalue weighted by atomic mass is 10.3. The Bertz CT molecular complexity index is 416. The van der Waals surface area contributed by atoms with Crippen molar-refractivity contribution in [2.24, 2.45) is 0 Å². The van der Waals surface area contributed by atoms with Crippen molar-refractivity contribution in [1.29, 1.82) is 0 Å². The second-order valence-corrected chi connectivity index (χ2v) is 3.27. The fourth-order valence-electron chi connectivity index (χ4n) is 1.33. The fourth-order valence-corrected chi connectivity index (χ4v) is 1.33. The van der Waals surface area contributed by atoms with Gasteiger partial charge in [0.15, 0.2) is 0 Å². The van der Waals surface area contributed by atoms with Crippen molar-refractivity contribution in [1.82, 2.24) is 4.90 Å². The quantitative estimate of drug-likeness (QED) is 0.596. The summed E-state index contributed by atoms with van der Waals surface area (Å²) in [5.41, 5.74) is -0.215. The molecule has 0 N–H and O–H groups in total. The Kier molecular flexibility index (Phi) is 4.45. The number of hydrogen-bond donors (Lipinski definition) is 0. The Morgan fingerprint density at radius 2 is 1.94 bits per heavy atom. The van der Waals surface area contributed by atoms with Gasteiger partial charge in [-0.25, -0.2) is 4.79 Å². The maximum atomic E-state index is 11.6. The lowest BCUT2D eigenvalue weighted by Crippen LogP contribution is -2.33. The average molecular weight is 238 g/mol. The maximum Gasteiger partial charge on any atom is 0.415 e. The standard InChI is InChI=1S/C11H14N2O4/c1-3-12(4-2)11(14)17-10-8-6-5-7-9(10)13(15)16/h5-8H,3-4H2,1-2H3. The number of nitro groups is 1. The van der Waals surface area contributed by atoms with Gasteiger partial charge in [-0.2, -0.15) is 0 Å². The van der Waals surface area contributed by atoms with E-state index in [2.05, 4.69) is 0 Å². The van der Waals surface area contributed by atoms with Crippen LogP contribution in [0.15, 0.2) is 24.3 Å². The summed E-state index contributed by atoms with van der Waals surface area (Å²) in [4.78, 5) is 23.2. The van der Waals surface area contributed by atoms with E-state index in [9.17, 15) is 14.9 Å². The van der Waals surface area contributed by atoms with E-state index in [0.717, 1.165) is 0 Å². The minimum Gasteiger partial charge on any atom is -0.403 e. The average Bonchev–Trinajstić information content (AvgIpc) is 2.31. The maximum absolute atomic E-state index is 11.6. The molecule has 6 heteroatoms. The Morgan fingerprint density at radius 1 is 1.35 bits per heavy atom. The number of benzene rings is 1.